The third kappa shape index (κ3) is 3.38. The number of amides is 1. The van der Waals surface area contributed by atoms with Gasteiger partial charge in [-0.05, 0) is 54.5 Å². The van der Waals surface area contributed by atoms with Gasteiger partial charge in [-0.15, -0.1) is 0 Å². The second kappa shape index (κ2) is 5.77. The monoisotopic (exact) mass is 346 g/mol. The zero-order valence-corrected chi connectivity index (χ0v) is 11.9. The summed E-state index contributed by atoms with van der Waals surface area (Å²) in [5, 5.41) is 3.00. The van der Waals surface area contributed by atoms with Crippen LogP contribution >= 0.6 is 22.6 Å². The zero-order chi connectivity index (χ0) is 12.3. The van der Waals surface area contributed by atoms with Crippen LogP contribution in [-0.4, -0.2) is 30.1 Å². The Balaban J connectivity index is 2.01. The fraction of sp³-hybridized carbons (Fsp3) is 0.500. The van der Waals surface area contributed by atoms with E-state index >= 15 is 0 Å². The molecule has 0 radical (unpaired) electrons. The second-order valence-corrected chi connectivity index (χ2v) is 5.29. The molecule has 2 heterocycles. The largest absolute Gasteiger partial charge is 0.381 e. The first-order valence-electron chi connectivity index (χ1n) is 5.68. The minimum atomic E-state index is -0.0867. The van der Waals surface area contributed by atoms with Crippen molar-refractivity contribution in [2.45, 2.75) is 25.8 Å². The van der Waals surface area contributed by atoms with E-state index in [2.05, 4.69) is 32.9 Å². The number of nitrogens with one attached hydrogen (secondary N) is 1. The highest BCUT2D eigenvalue weighted by Gasteiger charge is 2.17. The van der Waals surface area contributed by atoms with Crippen LogP contribution in [0.3, 0.4) is 0 Å². The predicted octanol–water partition coefficient (Wildman–Crippen LogP) is 1.90. The van der Waals surface area contributed by atoms with Crippen LogP contribution in [0.1, 0.15) is 29.0 Å². The topological polar surface area (TPSA) is 51.2 Å². The quantitative estimate of drug-likeness (QED) is 0.833. The number of ether oxygens (including phenoxy) is 1. The van der Waals surface area contributed by atoms with Crippen molar-refractivity contribution in [2.75, 3.05) is 13.2 Å². The summed E-state index contributed by atoms with van der Waals surface area (Å²) in [5.74, 6) is -0.0867. The molecule has 0 spiro atoms. The van der Waals surface area contributed by atoms with Crippen LogP contribution in [0.5, 0.6) is 0 Å². The Morgan fingerprint density at radius 2 is 2.18 bits per heavy atom. The van der Waals surface area contributed by atoms with E-state index in [0.29, 0.717) is 5.69 Å². The molecule has 0 aromatic carbocycles. The van der Waals surface area contributed by atoms with Crippen molar-refractivity contribution in [3.63, 3.8) is 0 Å². The van der Waals surface area contributed by atoms with Crippen molar-refractivity contribution in [2.24, 2.45) is 0 Å². The molecule has 0 unspecified atom stereocenters. The minimum Gasteiger partial charge on any atom is -0.381 e. The highest BCUT2D eigenvalue weighted by atomic mass is 127. The number of hydrogen-bond donors (Lipinski definition) is 1. The molecule has 1 aromatic rings. The molecule has 92 valence electrons. The van der Waals surface area contributed by atoms with E-state index in [1.165, 1.54) is 0 Å². The van der Waals surface area contributed by atoms with Crippen LogP contribution in [0.2, 0.25) is 0 Å². The average Bonchev–Trinajstić information content (AvgIpc) is 2.34. The first-order valence-corrected chi connectivity index (χ1v) is 6.76. The molecule has 0 aliphatic carbocycles. The predicted molar refractivity (Wildman–Crippen MR) is 73.0 cm³/mol. The lowest BCUT2D eigenvalue weighted by Gasteiger charge is -2.22. The Morgan fingerprint density at radius 1 is 1.47 bits per heavy atom. The van der Waals surface area contributed by atoms with Gasteiger partial charge in [-0.2, -0.15) is 0 Å². The lowest BCUT2D eigenvalue weighted by atomic mass is 10.1. The first-order chi connectivity index (χ1) is 8.16. The molecule has 1 aromatic heterocycles. The smallest absolute Gasteiger partial charge is 0.270 e. The number of hydrogen-bond acceptors (Lipinski definition) is 3. The maximum atomic E-state index is 12.0. The van der Waals surface area contributed by atoms with Gasteiger partial charge in [-0.1, -0.05) is 0 Å². The molecule has 4 nitrogen and oxygen atoms in total. The van der Waals surface area contributed by atoms with Crippen LogP contribution < -0.4 is 5.32 Å². The average molecular weight is 346 g/mol. The first kappa shape index (κ1) is 12.8. The molecule has 1 saturated heterocycles. The van der Waals surface area contributed by atoms with Crippen molar-refractivity contribution >= 4 is 28.5 Å². The molecule has 1 N–H and O–H groups in total. The van der Waals surface area contributed by atoms with Crippen LogP contribution in [0.15, 0.2) is 12.1 Å². The molecule has 1 fully saturated rings. The fourth-order valence-electron chi connectivity index (χ4n) is 1.77. The van der Waals surface area contributed by atoms with E-state index in [1.54, 1.807) is 6.07 Å². The molecule has 1 amide bonds. The second-order valence-electron chi connectivity index (χ2n) is 4.12. The lowest BCUT2D eigenvalue weighted by molar-refractivity contribution is 0.0694. The van der Waals surface area contributed by atoms with Gasteiger partial charge in [-0.3, -0.25) is 4.79 Å². The summed E-state index contributed by atoms with van der Waals surface area (Å²) < 4.78 is 6.33. The number of nitrogens with zero attached hydrogens (tertiary/aromatic N) is 1. The van der Waals surface area contributed by atoms with Crippen molar-refractivity contribution < 1.29 is 9.53 Å². The Labute approximate surface area is 114 Å². The third-order valence-electron chi connectivity index (χ3n) is 2.81. The highest BCUT2D eigenvalue weighted by molar-refractivity contribution is 14.1. The van der Waals surface area contributed by atoms with Crippen molar-refractivity contribution in [1.29, 1.82) is 0 Å². The zero-order valence-electron chi connectivity index (χ0n) is 9.70. The summed E-state index contributed by atoms with van der Waals surface area (Å²) >= 11 is 2.21. The van der Waals surface area contributed by atoms with E-state index in [0.717, 1.165) is 35.3 Å². The van der Waals surface area contributed by atoms with Crippen molar-refractivity contribution in [3.8, 4) is 0 Å². The van der Waals surface area contributed by atoms with E-state index < -0.39 is 0 Å². The number of carbonyl (C=O) groups is 1. The van der Waals surface area contributed by atoms with Crippen LogP contribution in [0, 0.1) is 10.5 Å². The maximum Gasteiger partial charge on any atom is 0.270 e. The molecule has 1 aliphatic heterocycles. The molecule has 0 atom stereocenters. The van der Waals surface area contributed by atoms with E-state index in [4.69, 9.17) is 4.74 Å². The Kier molecular flexibility index (Phi) is 4.33. The summed E-state index contributed by atoms with van der Waals surface area (Å²) in [7, 11) is 0. The van der Waals surface area contributed by atoms with Gasteiger partial charge in [0, 0.05) is 22.8 Å². The third-order valence-corrected chi connectivity index (χ3v) is 3.95. The molecule has 0 saturated carbocycles. The van der Waals surface area contributed by atoms with Gasteiger partial charge in [0.25, 0.3) is 5.91 Å². The van der Waals surface area contributed by atoms with Crippen LogP contribution in [-0.2, 0) is 4.74 Å². The SMILES string of the molecule is Cc1nc(C(=O)NC2CCOCC2)ccc1I. The lowest BCUT2D eigenvalue weighted by Crippen LogP contribution is -2.39. The number of pyridine rings is 1. The molecule has 5 heteroatoms. The normalized spacial score (nSPS) is 16.8. The van der Waals surface area contributed by atoms with Crippen molar-refractivity contribution in [3.05, 3.63) is 27.1 Å². The maximum absolute atomic E-state index is 12.0. The fourth-order valence-corrected chi connectivity index (χ4v) is 2.07. The summed E-state index contributed by atoms with van der Waals surface area (Å²) in [5.41, 5.74) is 1.39. The Bertz CT molecular complexity index is 417. The van der Waals surface area contributed by atoms with Gasteiger partial charge in [-0.25, -0.2) is 4.98 Å². The number of aryl methyl sites for hydroxylation is 1. The van der Waals surface area contributed by atoms with Gasteiger partial charge >= 0.3 is 0 Å². The van der Waals surface area contributed by atoms with Gasteiger partial charge in [0.1, 0.15) is 5.69 Å². The van der Waals surface area contributed by atoms with Crippen LogP contribution in [0.25, 0.3) is 0 Å². The van der Waals surface area contributed by atoms with Gasteiger partial charge < -0.3 is 10.1 Å². The molecule has 1 aliphatic rings. The number of aromatic nitrogens is 1. The van der Waals surface area contributed by atoms with Gasteiger partial charge in [0.15, 0.2) is 0 Å². The summed E-state index contributed by atoms with van der Waals surface area (Å²) in [6.07, 6.45) is 1.77. The Hall–Kier alpha value is -0.690. The van der Waals surface area contributed by atoms with E-state index in [-0.39, 0.29) is 11.9 Å². The highest BCUT2D eigenvalue weighted by Crippen LogP contribution is 2.11. The summed E-state index contributed by atoms with van der Waals surface area (Å²) in [4.78, 5) is 16.2. The number of rotatable bonds is 2. The van der Waals surface area contributed by atoms with Gasteiger partial charge in [0.05, 0.1) is 5.69 Å². The standard InChI is InChI=1S/C12H15IN2O2/c1-8-10(13)2-3-11(14-8)12(16)15-9-4-6-17-7-5-9/h2-3,9H,4-7H2,1H3,(H,15,16). The molecule has 2 rings (SSSR count). The molecular formula is C12H15IN2O2. The number of halogens is 1. The molecule has 0 bridgehead atoms. The number of carbonyl (C=O) groups excluding carboxylic acids is 1. The van der Waals surface area contributed by atoms with E-state index in [1.807, 2.05) is 13.0 Å². The summed E-state index contributed by atoms with van der Waals surface area (Å²) in [6.45, 7) is 3.36. The Morgan fingerprint density at radius 3 is 2.82 bits per heavy atom. The van der Waals surface area contributed by atoms with Gasteiger partial charge in [0.2, 0.25) is 0 Å². The minimum absolute atomic E-state index is 0.0867. The van der Waals surface area contributed by atoms with Crippen molar-refractivity contribution in [1.82, 2.24) is 10.3 Å². The summed E-state index contributed by atoms with van der Waals surface area (Å²) in [6, 6.07) is 3.91. The molecular weight excluding hydrogens is 331 g/mol. The van der Waals surface area contributed by atoms with E-state index in [9.17, 15) is 4.79 Å². The molecule has 17 heavy (non-hydrogen) atoms. The van der Waals surface area contributed by atoms with Crippen LogP contribution in [0.4, 0.5) is 0 Å².